The molecule has 1 saturated heterocycles. The fourth-order valence-electron chi connectivity index (χ4n) is 5.48. The van der Waals surface area contributed by atoms with E-state index in [4.69, 9.17) is 52.4 Å². The highest BCUT2D eigenvalue weighted by Gasteiger charge is 2.57. The summed E-state index contributed by atoms with van der Waals surface area (Å²) < 4.78 is 16.8. The van der Waals surface area contributed by atoms with Crippen molar-refractivity contribution >= 4 is 40.7 Å². The number of pyridine rings is 1. The van der Waals surface area contributed by atoms with Gasteiger partial charge in [-0.15, -0.1) is 0 Å². The molecular formula is C27H28Cl2N6O3. The monoisotopic (exact) mass is 554 g/mol. The number of methoxy groups -OCH3 is 2. The van der Waals surface area contributed by atoms with Crippen molar-refractivity contribution in [2.24, 2.45) is 0 Å². The van der Waals surface area contributed by atoms with E-state index in [-0.39, 0.29) is 12.1 Å². The number of rotatable bonds is 7. The molecule has 2 unspecified atom stereocenters. The summed E-state index contributed by atoms with van der Waals surface area (Å²) in [7, 11) is 3.13. The van der Waals surface area contributed by atoms with E-state index < -0.39 is 5.54 Å². The zero-order valence-electron chi connectivity index (χ0n) is 21.1. The Kier molecular flexibility index (Phi) is 6.45. The molecule has 1 aromatic carbocycles. The van der Waals surface area contributed by atoms with Gasteiger partial charge >= 0.3 is 0 Å². The molecular weight excluding hydrogens is 527 g/mol. The molecule has 1 saturated carbocycles. The van der Waals surface area contributed by atoms with E-state index in [1.807, 2.05) is 18.3 Å². The van der Waals surface area contributed by atoms with E-state index in [0.717, 1.165) is 36.1 Å². The van der Waals surface area contributed by atoms with Gasteiger partial charge in [0.25, 0.3) is 0 Å². The van der Waals surface area contributed by atoms with E-state index >= 15 is 0 Å². The van der Waals surface area contributed by atoms with Gasteiger partial charge in [0, 0.05) is 36.2 Å². The first-order valence-corrected chi connectivity index (χ1v) is 13.2. The second-order valence-corrected chi connectivity index (χ2v) is 10.3. The highest BCUT2D eigenvalue weighted by Crippen LogP contribution is 2.64. The van der Waals surface area contributed by atoms with Crippen LogP contribution in [0.1, 0.15) is 24.8 Å². The molecule has 198 valence electrons. The van der Waals surface area contributed by atoms with Crippen molar-refractivity contribution in [1.82, 2.24) is 20.3 Å². The zero-order valence-corrected chi connectivity index (χ0v) is 22.6. The number of aromatic nitrogens is 3. The molecule has 0 amide bonds. The van der Waals surface area contributed by atoms with Gasteiger partial charge in [-0.2, -0.15) is 0 Å². The van der Waals surface area contributed by atoms with Gasteiger partial charge in [0.1, 0.15) is 27.4 Å². The number of benzene rings is 1. The van der Waals surface area contributed by atoms with Gasteiger partial charge in [-0.25, -0.2) is 15.0 Å². The first-order valence-electron chi connectivity index (χ1n) is 12.5. The minimum Gasteiger partial charge on any atom is -0.495 e. The van der Waals surface area contributed by atoms with Gasteiger partial charge in [0.2, 0.25) is 5.95 Å². The number of hydrogen-bond donors (Lipinski definition) is 2. The lowest BCUT2D eigenvalue weighted by atomic mass is 9.92. The van der Waals surface area contributed by atoms with Crippen LogP contribution in [0.25, 0.3) is 11.3 Å². The average molecular weight is 555 g/mol. The molecule has 2 aromatic heterocycles. The predicted octanol–water partition coefficient (Wildman–Crippen LogP) is 5.31. The van der Waals surface area contributed by atoms with E-state index in [1.54, 1.807) is 32.7 Å². The molecule has 0 bridgehead atoms. The van der Waals surface area contributed by atoms with Gasteiger partial charge in [-0.05, 0) is 37.6 Å². The van der Waals surface area contributed by atoms with Crippen LogP contribution in [0.3, 0.4) is 0 Å². The molecule has 2 aliphatic heterocycles. The lowest BCUT2D eigenvalue weighted by Gasteiger charge is -2.40. The highest BCUT2D eigenvalue weighted by atomic mass is 35.5. The van der Waals surface area contributed by atoms with Gasteiger partial charge < -0.3 is 29.7 Å². The van der Waals surface area contributed by atoms with Crippen molar-refractivity contribution < 1.29 is 14.2 Å². The molecule has 2 fully saturated rings. The molecule has 6 rings (SSSR count). The normalized spacial score (nSPS) is 20.8. The molecule has 1 spiro atoms. The molecule has 2 atom stereocenters. The van der Waals surface area contributed by atoms with E-state index in [9.17, 15) is 0 Å². The summed E-state index contributed by atoms with van der Waals surface area (Å²) in [6.07, 6.45) is 7.97. The number of hydrogen-bond acceptors (Lipinski definition) is 9. The van der Waals surface area contributed by atoms with Crippen molar-refractivity contribution in [3.8, 4) is 22.8 Å². The number of ether oxygens (including phenoxy) is 3. The van der Waals surface area contributed by atoms with Crippen molar-refractivity contribution in [3.05, 3.63) is 59.0 Å². The summed E-state index contributed by atoms with van der Waals surface area (Å²) >= 11 is 13.8. The Morgan fingerprint density at radius 1 is 1.16 bits per heavy atom. The lowest BCUT2D eigenvalue weighted by molar-refractivity contribution is 0.0709. The van der Waals surface area contributed by atoms with Crippen molar-refractivity contribution in [1.29, 1.82) is 0 Å². The Labute approximate surface area is 231 Å². The second kappa shape index (κ2) is 9.80. The number of nitrogens with one attached hydrogen (secondary N) is 2. The quantitative estimate of drug-likeness (QED) is 0.403. The van der Waals surface area contributed by atoms with Crippen molar-refractivity contribution in [2.45, 2.75) is 36.9 Å². The fraction of sp³-hybridized carbons (Fsp3) is 0.370. The minimum absolute atomic E-state index is 0.00463. The van der Waals surface area contributed by atoms with E-state index in [0.29, 0.717) is 52.2 Å². The minimum atomic E-state index is -0.444. The third-order valence-electron chi connectivity index (χ3n) is 7.47. The van der Waals surface area contributed by atoms with Crippen molar-refractivity contribution in [2.75, 3.05) is 37.7 Å². The van der Waals surface area contributed by atoms with Gasteiger partial charge in [-0.1, -0.05) is 29.8 Å². The maximum absolute atomic E-state index is 6.90. The summed E-state index contributed by atoms with van der Waals surface area (Å²) in [6.45, 7) is 5.06. The Hall–Kier alpha value is -3.27. The molecule has 38 heavy (non-hydrogen) atoms. The summed E-state index contributed by atoms with van der Waals surface area (Å²) in [6, 6.07) is 5.77. The number of halogens is 2. The lowest BCUT2D eigenvalue weighted by Crippen LogP contribution is -2.49. The Morgan fingerprint density at radius 2 is 1.92 bits per heavy atom. The van der Waals surface area contributed by atoms with Crippen LogP contribution >= 0.6 is 23.2 Å². The van der Waals surface area contributed by atoms with Crippen LogP contribution in [0, 0.1) is 0 Å². The molecule has 3 aliphatic rings. The zero-order chi connectivity index (χ0) is 26.4. The van der Waals surface area contributed by atoms with Gasteiger partial charge in [0.15, 0.2) is 0 Å². The highest BCUT2D eigenvalue weighted by molar-refractivity contribution is 6.41. The first-order chi connectivity index (χ1) is 18.5. The number of anilines is 3. The summed E-state index contributed by atoms with van der Waals surface area (Å²) in [5, 5.41) is 7.56. The largest absolute Gasteiger partial charge is 0.495 e. The molecule has 11 heteroatoms. The van der Waals surface area contributed by atoms with Crippen LogP contribution in [-0.2, 0) is 10.3 Å². The van der Waals surface area contributed by atoms with Crippen LogP contribution in [0.5, 0.6) is 11.5 Å². The molecule has 3 aromatic rings. The smallest absolute Gasteiger partial charge is 0.223 e. The summed E-state index contributed by atoms with van der Waals surface area (Å²) in [5.41, 5.74) is 2.85. The second-order valence-electron chi connectivity index (χ2n) is 9.55. The maximum Gasteiger partial charge on any atom is 0.223 e. The Morgan fingerprint density at radius 3 is 2.61 bits per heavy atom. The van der Waals surface area contributed by atoms with Crippen LogP contribution < -0.4 is 25.0 Å². The Balaban J connectivity index is 1.47. The van der Waals surface area contributed by atoms with E-state index in [1.165, 1.54) is 0 Å². The van der Waals surface area contributed by atoms with Crippen LogP contribution in [0.15, 0.2) is 43.4 Å². The van der Waals surface area contributed by atoms with E-state index in [2.05, 4.69) is 22.1 Å². The fourth-order valence-corrected chi connectivity index (χ4v) is 6.15. The topological polar surface area (TPSA) is 93.7 Å². The van der Waals surface area contributed by atoms with Gasteiger partial charge in [-0.3, -0.25) is 0 Å². The van der Waals surface area contributed by atoms with Crippen LogP contribution in [0.2, 0.25) is 10.0 Å². The first kappa shape index (κ1) is 25.0. The third-order valence-corrected chi connectivity index (χ3v) is 8.20. The van der Waals surface area contributed by atoms with Crippen LogP contribution in [-0.4, -0.2) is 54.5 Å². The number of fused-ring (bicyclic) bond motifs is 4. The molecule has 9 nitrogen and oxygen atoms in total. The molecule has 0 radical (unpaired) electrons. The summed E-state index contributed by atoms with van der Waals surface area (Å²) in [5.74, 6) is 2.19. The molecule has 4 heterocycles. The maximum atomic E-state index is 6.90. The van der Waals surface area contributed by atoms with Crippen LogP contribution in [0.4, 0.5) is 17.5 Å². The Bertz CT molecular complexity index is 1370. The molecule has 2 N–H and O–H groups in total. The molecule has 1 aliphatic carbocycles. The third kappa shape index (κ3) is 3.92. The number of nitrogens with zero attached hydrogens (tertiary/aromatic N) is 4. The standard InChI is InChI=1S/C27H28Cl2N6O3/c1-4-30-17-7-11-38-14-18(17)33-26-32-13-16-23(34-26)15-6-5-10-31-25(15)35(27(16)8-9-27)24-21(28)19(36-2)12-20(37-3)22(24)29/h4-6,10,12-13,17-18,30H,1,7-9,11,14H2,2-3H3,(H,32,33,34). The average Bonchev–Trinajstić information content (AvgIpc) is 3.73. The predicted molar refractivity (Wildman–Crippen MR) is 148 cm³/mol. The SMILES string of the molecule is C=CNC1CCOCC1Nc1ncc2c(n1)-c1cccnc1N(c1c(Cl)c(OC)cc(OC)c1Cl)C21CC1. The van der Waals surface area contributed by atoms with Crippen molar-refractivity contribution in [3.63, 3.8) is 0 Å². The summed E-state index contributed by atoms with van der Waals surface area (Å²) in [4.78, 5) is 16.6. The van der Waals surface area contributed by atoms with Gasteiger partial charge in [0.05, 0.1) is 49.8 Å².